The molecule has 2 aromatic rings. The lowest BCUT2D eigenvalue weighted by Gasteiger charge is -2.10. The van der Waals surface area contributed by atoms with Crippen molar-refractivity contribution in [2.24, 2.45) is 5.92 Å². The number of anilines is 3. The van der Waals surface area contributed by atoms with Gasteiger partial charge in [0.2, 0.25) is 5.95 Å². The Kier molecular flexibility index (Phi) is 5.65. The Morgan fingerprint density at radius 3 is 2.52 bits per heavy atom. The molecule has 0 saturated heterocycles. The SMILES string of the molecule is CC(C)CCNc1ccnc(Nc2cc(Cl)cc(Cl)c2)n1. The second-order valence-electron chi connectivity index (χ2n) is 5.16. The molecule has 0 saturated carbocycles. The fourth-order valence-corrected chi connectivity index (χ4v) is 2.29. The van der Waals surface area contributed by atoms with Crippen LogP contribution in [0.5, 0.6) is 0 Å². The summed E-state index contributed by atoms with van der Waals surface area (Å²) in [4.78, 5) is 8.59. The smallest absolute Gasteiger partial charge is 0.229 e. The number of rotatable bonds is 6. The van der Waals surface area contributed by atoms with Crippen LogP contribution in [0.2, 0.25) is 10.0 Å². The fourth-order valence-electron chi connectivity index (χ4n) is 1.76. The van der Waals surface area contributed by atoms with Crippen LogP contribution in [0.1, 0.15) is 20.3 Å². The number of nitrogens with one attached hydrogen (secondary N) is 2. The van der Waals surface area contributed by atoms with E-state index in [1.165, 1.54) is 0 Å². The zero-order valence-corrected chi connectivity index (χ0v) is 13.5. The van der Waals surface area contributed by atoms with Crippen LogP contribution in [-0.4, -0.2) is 16.5 Å². The average molecular weight is 325 g/mol. The Hall–Kier alpha value is -1.52. The lowest BCUT2D eigenvalue weighted by atomic mass is 10.1. The molecule has 1 aromatic heterocycles. The van der Waals surface area contributed by atoms with Gasteiger partial charge in [-0.15, -0.1) is 0 Å². The highest BCUT2D eigenvalue weighted by atomic mass is 35.5. The first-order valence-corrected chi connectivity index (χ1v) is 7.58. The molecule has 0 aliphatic carbocycles. The molecule has 0 aliphatic heterocycles. The van der Waals surface area contributed by atoms with E-state index in [0.29, 0.717) is 21.9 Å². The van der Waals surface area contributed by atoms with Gasteiger partial charge in [0.15, 0.2) is 0 Å². The number of aromatic nitrogens is 2. The third-order valence-corrected chi connectivity index (χ3v) is 3.24. The fraction of sp³-hybridized carbons (Fsp3) is 0.333. The summed E-state index contributed by atoms with van der Waals surface area (Å²) in [5.74, 6) is 1.95. The Balaban J connectivity index is 2.03. The monoisotopic (exact) mass is 324 g/mol. The van der Waals surface area contributed by atoms with Crippen LogP contribution in [0.3, 0.4) is 0 Å². The van der Waals surface area contributed by atoms with Crippen LogP contribution >= 0.6 is 23.2 Å². The van der Waals surface area contributed by atoms with Crippen molar-refractivity contribution in [3.8, 4) is 0 Å². The molecule has 1 heterocycles. The van der Waals surface area contributed by atoms with Gasteiger partial charge in [0, 0.05) is 28.5 Å². The number of hydrogen-bond acceptors (Lipinski definition) is 4. The van der Waals surface area contributed by atoms with Gasteiger partial charge in [-0.05, 0) is 36.6 Å². The van der Waals surface area contributed by atoms with Crippen LogP contribution in [0.25, 0.3) is 0 Å². The maximum absolute atomic E-state index is 5.97. The van der Waals surface area contributed by atoms with Gasteiger partial charge < -0.3 is 10.6 Å². The molecule has 0 radical (unpaired) electrons. The summed E-state index contributed by atoms with van der Waals surface area (Å²) in [6.45, 7) is 5.27. The molecule has 0 aliphatic rings. The van der Waals surface area contributed by atoms with E-state index in [-0.39, 0.29) is 0 Å². The van der Waals surface area contributed by atoms with Crippen LogP contribution in [0.4, 0.5) is 17.5 Å². The Morgan fingerprint density at radius 1 is 1.14 bits per heavy atom. The molecule has 1 aromatic carbocycles. The highest BCUT2D eigenvalue weighted by molar-refractivity contribution is 6.35. The predicted octanol–water partition coefficient (Wildman–Crippen LogP) is 4.99. The first-order valence-electron chi connectivity index (χ1n) is 6.83. The quantitative estimate of drug-likeness (QED) is 0.786. The number of benzene rings is 1. The predicted molar refractivity (Wildman–Crippen MR) is 89.7 cm³/mol. The van der Waals surface area contributed by atoms with Gasteiger partial charge in [0.05, 0.1) is 0 Å². The lowest BCUT2D eigenvalue weighted by Crippen LogP contribution is -2.07. The standard InChI is InChI=1S/C15H18Cl2N4/c1-10(2)3-5-18-14-4-6-19-15(21-14)20-13-8-11(16)7-12(17)9-13/h4,6-10H,3,5H2,1-2H3,(H2,18,19,20,21). The number of nitrogens with zero attached hydrogens (tertiary/aromatic N) is 2. The number of halogens is 2. The minimum Gasteiger partial charge on any atom is -0.370 e. The summed E-state index contributed by atoms with van der Waals surface area (Å²) in [6, 6.07) is 7.07. The molecule has 2 N–H and O–H groups in total. The van der Waals surface area contributed by atoms with Gasteiger partial charge >= 0.3 is 0 Å². The molecule has 0 atom stereocenters. The molecule has 6 heteroatoms. The summed E-state index contributed by atoms with van der Waals surface area (Å²) in [6.07, 6.45) is 2.80. The second-order valence-corrected chi connectivity index (χ2v) is 6.03. The van der Waals surface area contributed by atoms with Crippen LogP contribution in [-0.2, 0) is 0 Å². The van der Waals surface area contributed by atoms with Gasteiger partial charge in [0.25, 0.3) is 0 Å². The molecular formula is C15H18Cl2N4. The Bertz CT molecular complexity index is 582. The molecule has 0 amide bonds. The summed E-state index contributed by atoms with van der Waals surface area (Å²) in [5.41, 5.74) is 0.756. The summed E-state index contributed by atoms with van der Waals surface area (Å²) in [7, 11) is 0. The molecule has 21 heavy (non-hydrogen) atoms. The van der Waals surface area contributed by atoms with Gasteiger partial charge in [-0.25, -0.2) is 4.98 Å². The number of hydrogen-bond donors (Lipinski definition) is 2. The van der Waals surface area contributed by atoms with Crippen LogP contribution in [0.15, 0.2) is 30.5 Å². The maximum Gasteiger partial charge on any atom is 0.229 e. The summed E-state index contributed by atoms with van der Waals surface area (Å²) < 4.78 is 0. The van der Waals surface area contributed by atoms with Gasteiger partial charge in [0.1, 0.15) is 5.82 Å². The molecule has 4 nitrogen and oxygen atoms in total. The molecule has 0 fully saturated rings. The normalized spacial score (nSPS) is 10.7. The summed E-state index contributed by atoms with van der Waals surface area (Å²) in [5, 5.41) is 7.51. The van der Waals surface area contributed by atoms with Crippen molar-refractivity contribution in [3.05, 3.63) is 40.5 Å². The van der Waals surface area contributed by atoms with Gasteiger partial charge in [-0.1, -0.05) is 37.0 Å². The molecule has 0 unspecified atom stereocenters. The average Bonchev–Trinajstić information content (AvgIpc) is 2.37. The molecule has 112 valence electrons. The minimum absolute atomic E-state index is 0.503. The minimum atomic E-state index is 0.503. The highest BCUT2D eigenvalue weighted by Gasteiger charge is 2.03. The lowest BCUT2D eigenvalue weighted by molar-refractivity contribution is 0.606. The van der Waals surface area contributed by atoms with E-state index in [1.54, 1.807) is 24.4 Å². The molecule has 0 bridgehead atoms. The topological polar surface area (TPSA) is 49.8 Å². The maximum atomic E-state index is 5.97. The van der Waals surface area contributed by atoms with Crippen molar-refractivity contribution in [2.75, 3.05) is 17.2 Å². The first kappa shape index (κ1) is 15.9. The van der Waals surface area contributed by atoms with Crippen molar-refractivity contribution in [2.45, 2.75) is 20.3 Å². The van der Waals surface area contributed by atoms with E-state index in [0.717, 1.165) is 24.5 Å². The van der Waals surface area contributed by atoms with Crippen molar-refractivity contribution in [1.82, 2.24) is 9.97 Å². The van der Waals surface area contributed by atoms with Crippen LogP contribution in [0, 0.1) is 5.92 Å². The van der Waals surface area contributed by atoms with Crippen molar-refractivity contribution in [1.29, 1.82) is 0 Å². The zero-order valence-electron chi connectivity index (χ0n) is 12.0. The third-order valence-electron chi connectivity index (χ3n) is 2.80. The second kappa shape index (κ2) is 7.48. The first-order chi connectivity index (χ1) is 10.0. The van der Waals surface area contributed by atoms with E-state index in [9.17, 15) is 0 Å². The van der Waals surface area contributed by atoms with Crippen LogP contribution < -0.4 is 10.6 Å². The molecular weight excluding hydrogens is 307 g/mol. The van der Waals surface area contributed by atoms with Crippen molar-refractivity contribution >= 4 is 40.7 Å². The Labute approximate surface area is 134 Å². The van der Waals surface area contributed by atoms with E-state index < -0.39 is 0 Å². The van der Waals surface area contributed by atoms with Crippen molar-refractivity contribution < 1.29 is 0 Å². The third kappa shape index (κ3) is 5.40. The van der Waals surface area contributed by atoms with Gasteiger partial charge in [-0.3, -0.25) is 0 Å². The van der Waals surface area contributed by atoms with Crippen molar-refractivity contribution in [3.63, 3.8) is 0 Å². The Morgan fingerprint density at radius 2 is 1.86 bits per heavy atom. The largest absolute Gasteiger partial charge is 0.370 e. The molecule has 2 rings (SSSR count). The zero-order chi connectivity index (χ0) is 15.2. The van der Waals surface area contributed by atoms with E-state index in [2.05, 4.69) is 34.4 Å². The van der Waals surface area contributed by atoms with E-state index in [1.807, 2.05) is 6.07 Å². The summed E-state index contributed by atoms with van der Waals surface area (Å²) >= 11 is 11.9. The molecule has 0 spiro atoms. The van der Waals surface area contributed by atoms with E-state index >= 15 is 0 Å². The van der Waals surface area contributed by atoms with E-state index in [4.69, 9.17) is 23.2 Å². The van der Waals surface area contributed by atoms with Gasteiger partial charge in [-0.2, -0.15) is 4.98 Å². The highest BCUT2D eigenvalue weighted by Crippen LogP contribution is 2.24.